The zero-order valence-corrected chi connectivity index (χ0v) is 52.7. The largest absolute Gasteiger partial charge is 0.394 e. The van der Waals surface area contributed by atoms with Crippen molar-refractivity contribution in [1.82, 2.24) is 5.32 Å². The van der Waals surface area contributed by atoms with Crippen molar-refractivity contribution in [3.05, 3.63) is 12.2 Å². The van der Waals surface area contributed by atoms with Crippen molar-refractivity contribution in [3.8, 4) is 0 Å². The van der Waals surface area contributed by atoms with Gasteiger partial charge < -0.3 is 40.3 Å². The molecular weight excluding hydrogens is 983 g/mol. The number of rotatable bonds is 63. The molecule has 0 radical (unpaired) electrons. The lowest BCUT2D eigenvalue weighted by Gasteiger charge is -2.40. The molecule has 1 aliphatic heterocycles. The normalized spacial score (nSPS) is 18.5. The number of ether oxygens (including phenoxy) is 2. The molecular formula is C70H137NO8. The molecule has 1 fully saturated rings. The highest BCUT2D eigenvalue weighted by Gasteiger charge is 2.44. The topological polar surface area (TPSA) is 149 Å². The van der Waals surface area contributed by atoms with Crippen molar-refractivity contribution in [2.24, 2.45) is 0 Å². The average molecular weight is 1120 g/mol. The minimum atomic E-state index is -1.55. The second-order valence-corrected chi connectivity index (χ2v) is 25.0. The second-order valence-electron chi connectivity index (χ2n) is 25.0. The number of carbonyl (C=O) groups is 1. The van der Waals surface area contributed by atoms with Crippen LogP contribution in [0.4, 0.5) is 0 Å². The Kier molecular flexibility index (Phi) is 57.7. The lowest BCUT2D eigenvalue weighted by Crippen LogP contribution is -2.60. The van der Waals surface area contributed by atoms with Crippen molar-refractivity contribution in [2.45, 2.75) is 416 Å². The molecule has 0 spiro atoms. The summed E-state index contributed by atoms with van der Waals surface area (Å²) >= 11 is 0. The van der Waals surface area contributed by atoms with E-state index in [1.165, 1.54) is 308 Å². The quantitative estimate of drug-likeness (QED) is 0.0261. The molecule has 0 aromatic carbocycles. The van der Waals surface area contributed by atoms with Crippen molar-refractivity contribution in [3.63, 3.8) is 0 Å². The lowest BCUT2D eigenvalue weighted by molar-refractivity contribution is -0.302. The maximum Gasteiger partial charge on any atom is 0.220 e. The molecule has 0 aromatic rings. The Morgan fingerprint density at radius 1 is 0.418 bits per heavy atom. The van der Waals surface area contributed by atoms with Crippen molar-refractivity contribution in [2.75, 3.05) is 13.2 Å². The number of hydrogen-bond acceptors (Lipinski definition) is 8. The van der Waals surface area contributed by atoms with Gasteiger partial charge in [0.2, 0.25) is 5.91 Å². The van der Waals surface area contributed by atoms with Gasteiger partial charge in [-0.2, -0.15) is 0 Å². The molecule has 0 bridgehead atoms. The van der Waals surface area contributed by atoms with Gasteiger partial charge in [-0.15, -0.1) is 0 Å². The summed E-state index contributed by atoms with van der Waals surface area (Å²) in [5.41, 5.74) is 0. The molecule has 7 unspecified atom stereocenters. The Labute approximate surface area is 490 Å². The summed E-state index contributed by atoms with van der Waals surface area (Å²) in [7, 11) is 0. The molecule has 6 N–H and O–H groups in total. The first-order valence-corrected chi connectivity index (χ1v) is 35.4. The van der Waals surface area contributed by atoms with Gasteiger partial charge in [0.25, 0.3) is 0 Å². The summed E-state index contributed by atoms with van der Waals surface area (Å²) in [5.74, 6) is -0.134. The predicted octanol–water partition coefficient (Wildman–Crippen LogP) is 19.1. The van der Waals surface area contributed by atoms with E-state index in [0.717, 1.165) is 38.5 Å². The van der Waals surface area contributed by atoms with Crippen molar-refractivity contribution < 1.29 is 39.8 Å². The van der Waals surface area contributed by atoms with Crippen LogP contribution in [-0.2, 0) is 14.3 Å². The summed E-state index contributed by atoms with van der Waals surface area (Å²) in [5, 5.41) is 54.9. The fourth-order valence-corrected chi connectivity index (χ4v) is 11.8. The molecule has 0 aliphatic carbocycles. The highest BCUT2D eigenvalue weighted by atomic mass is 16.7. The molecule has 1 amide bonds. The summed E-state index contributed by atoms with van der Waals surface area (Å²) in [4.78, 5) is 13.1. The summed E-state index contributed by atoms with van der Waals surface area (Å²) in [6, 6.07) is -0.716. The molecule has 1 heterocycles. The van der Waals surface area contributed by atoms with Gasteiger partial charge in [0.15, 0.2) is 6.29 Å². The van der Waals surface area contributed by atoms with E-state index < -0.39 is 49.5 Å². The monoisotopic (exact) mass is 1120 g/mol. The molecule has 9 nitrogen and oxygen atoms in total. The van der Waals surface area contributed by atoms with Crippen LogP contribution in [0.5, 0.6) is 0 Å². The zero-order valence-electron chi connectivity index (χ0n) is 52.7. The summed E-state index contributed by atoms with van der Waals surface area (Å²) < 4.78 is 11.4. The van der Waals surface area contributed by atoms with Crippen LogP contribution in [0.1, 0.15) is 373 Å². The molecule has 470 valence electrons. The number of allylic oxidation sites excluding steroid dienone is 2. The number of amides is 1. The van der Waals surface area contributed by atoms with E-state index in [9.17, 15) is 30.3 Å². The van der Waals surface area contributed by atoms with E-state index in [2.05, 4.69) is 31.3 Å². The van der Waals surface area contributed by atoms with Crippen LogP contribution < -0.4 is 5.32 Å². The minimum absolute atomic E-state index is 0.132. The average Bonchev–Trinajstić information content (AvgIpc) is 3.47. The fraction of sp³-hybridized carbons (Fsp3) is 0.957. The molecule has 9 heteroatoms. The second kappa shape index (κ2) is 60.1. The maximum atomic E-state index is 13.1. The van der Waals surface area contributed by atoms with Gasteiger partial charge in [0, 0.05) is 6.42 Å². The maximum absolute atomic E-state index is 13.1. The van der Waals surface area contributed by atoms with Crippen LogP contribution in [0.3, 0.4) is 0 Å². The third-order valence-electron chi connectivity index (χ3n) is 17.4. The highest BCUT2D eigenvalue weighted by molar-refractivity contribution is 5.76. The van der Waals surface area contributed by atoms with Crippen LogP contribution in [0.15, 0.2) is 12.2 Å². The van der Waals surface area contributed by atoms with Gasteiger partial charge in [-0.05, 0) is 38.5 Å². The highest BCUT2D eigenvalue weighted by Crippen LogP contribution is 2.24. The molecule has 1 rings (SSSR count). The van der Waals surface area contributed by atoms with Gasteiger partial charge >= 0.3 is 0 Å². The molecule has 1 saturated heterocycles. The SMILES string of the molecule is CCCCCCCCCC/C=C\CCCCCCCCCCCCCCCCCCCCCCCC(=O)NC(COC1OC(CO)C(O)C(O)C1O)C(O)CCCCCCCCCCCCCCCCCCCCCCCCC. The summed E-state index contributed by atoms with van der Waals surface area (Å²) in [6.07, 6.45) is 70.0. The lowest BCUT2D eigenvalue weighted by atomic mass is 9.99. The Bertz CT molecular complexity index is 1250. The van der Waals surface area contributed by atoms with Gasteiger partial charge in [-0.3, -0.25) is 4.79 Å². The third-order valence-corrected chi connectivity index (χ3v) is 17.4. The first-order valence-electron chi connectivity index (χ1n) is 35.4. The van der Waals surface area contributed by atoms with Crippen LogP contribution in [-0.4, -0.2) is 87.5 Å². The number of nitrogens with one attached hydrogen (secondary N) is 1. The van der Waals surface area contributed by atoms with E-state index in [1.54, 1.807) is 0 Å². The fourth-order valence-electron chi connectivity index (χ4n) is 11.8. The Morgan fingerprint density at radius 2 is 0.709 bits per heavy atom. The van der Waals surface area contributed by atoms with E-state index in [1.807, 2.05) is 0 Å². The third kappa shape index (κ3) is 49.0. The number of unbranched alkanes of at least 4 members (excludes halogenated alkanes) is 51. The first-order chi connectivity index (χ1) is 38.8. The number of aliphatic hydroxyl groups is 5. The number of aliphatic hydroxyl groups excluding tert-OH is 5. The Balaban J connectivity index is 2.08. The van der Waals surface area contributed by atoms with Crippen LogP contribution in [0, 0.1) is 0 Å². The van der Waals surface area contributed by atoms with Crippen LogP contribution in [0.25, 0.3) is 0 Å². The van der Waals surface area contributed by atoms with E-state index in [4.69, 9.17) is 9.47 Å². The Hall–Kier alpha value is -1.07. The Morgan fingerprint density at radius 3 is 1.03 bits per heavy atom. The van der Waals surface area contributed by atoms with Crippen LogP contribution in [0.2, 0.25) is 0 Å². The van der Waals surface area contributed by atoms with E-state index in [0.29, 0.717) is 12.8 Å². The minimum Gasteiger partial charge on any atom is -0.394 e. The number of carbonyl (C=O) groups excluding carboxylic acids is 1. The zero-order chi connectivity index (χ0) is 57.2. The van der Waals surface area contributed by atoms with Crippen molar-refractivity contribution in [1.29, 1.82) is 0 Å². The molecule has 0 saturated carbocycles. The summed E-state index contributed by atoms with van der Waals surface area (Å²) in [6.45, 7) is 3.90. The standard InChI is InChI=1S/C70H137NO8/c1-3-5-7-9-11-13-15-17-19-21-23-25-27-28-29-30-31-32-33-34-35-36-38-40-42-44-46-48-50-52-54-56-58-60-66(74)71-63(62-78-70-69(77)68(76)67(75)65(61-72)79-70)64(73)59-57-55-53-51-49-47-45-43-41-39-37-26-24-22-20-18-16-14-12-10-8-6-4-2/h21,23,63-65,67-70,72-73,75-77H,3-20,22,24-62H2,1-2H3,(H,71,74)/b23-21-. The van der Waals surface area contributed by atoms with Crippen LogP contribution >= 0.6 is 0 Å². The van der Waals surface area contributed by atoms with Gasteiger partial charge in [-0.25, -0.2) is 0 Å². The molecule has 79 heavy (non-hydrogen) atoms. The number of hydrogen-bond donors (Lipinski definition) is 6. The predicted molar refractivity (Wildman–Crippen MR) is 337 cm³/mol. The smallest absolute Gasteiger partial charge is 0.220 e. The molecule has 1 aliphatic rings. The van der Waals surface area contributed by atoms with Crippen molar-refractivity contribution >= 4 is 5.91 Å². The van der Waals surface area contributed by atoms with Gasteiger partial charge in [0.05, 0.1) is 25.4 Å². The molecule has 0 aromatic heterocycles. The first kappa shape index (κ1) is 75.9. The molecule has 7 atom stereocenters. The van der Waals surface area contributed by atoms with E-state index in [-0.39, 0.29) is 12.5 Å². The van der Waals surface area contributed by atoms with Gasteiger partial charge in [-0.1, -0.05) is 341 Å². The van der Waals surface area contributed by atoms with E-state index >= 15 is 0 Å². The van der Waals surface area contributed by atoms with Gasteiger partial charge in [0.1, 0.15) is 24.4 Å².